The Balaban J connectivity index is 2.45. The zero-order chi connectivity index (χ0) is 10.4. The Hall–Kier alpha value is -0.390. The van der Waals surface area contributed by atoms with E-state index in [-0.39, 0.29) is 11.8 Å². The molecule has 0 saturated carbocycles. The lowest BCUT2D eigenvalue weighted by Crippen LogP contribution is -2.36. The van der Waals surface area contributed by atoms with E-state index in [4.69, 9.17) is 0 Å². The Kier molecular flexibility index (Phi) is 4.57. The third-order valence-corrected chi connectivity index (χ3v) is 3.63. The zero-order valence-corrected chi connectivity index (χ0v) is 9.15. The van der Waals surface area contributed by atoms with Crippen molar-refractivity contribution in [2.45, 2.75) is 25.3 Å². The second-order valence-corrected chi connectivity index (χ2v) is 5.36. The van der Waals surface area contributed by atoms with Gasteiger partial charge in [0.05, 0.1) is 5.75 Å². The fraction of sp³-hybridized carbons (Fsp3) is 0.778. The van der Waals surface area contributed by atoms with Gasteiger partial charge in [-0.05, 0) is 32.4 Å². The molecule has 1 rings (SSSR count). The first-order chi connectivity index (χ1) is 6.64. The van der Waals surface area contributed by atoms with E-state index in [0.29, 0.717) is 0 Å². The summed E-state index contributed by atoms with van der Waals surface area (Å²) in [7, 11) is -3.14. The van der Waals surface area contributed by atoms with E-state index in [9.17, 15) is 8.42 Å². The molecule has 1 heterocycles. The first kappa shape index (κ1) is 11.7. The fourth-order valence-corrected chi connectivity index (χ4v) is 2.74. The Bertz CT molecular complexity index is 267. The van der Waals surface area contributed by atoms with Gasteiger partial charge in [-0.25, -0.2) is 13.1 Å². The molecule has 5 heteroatoms. The Morgan fingerprint density at radius 1 is 1.43 bits per heavy atom. The SMILES string of the molecule is C=CCS(=O)(=O)NC1CCCNCC1. The van der Waals surface area contributed by atoms with Crippen LogP contribution in [-0.4, -0.2) is 33.3 Å². The molecule has 1 aliphatic rings. The second kappa shape index (κ2) is 5.48. The summed E-state index contributed by atoms with van der Waals surface area (Å²) in [5.41, 5.74) is 0. The van der Waals surface area contributed by atoms with Gasteiger partial charge < -0.3 is 5.32 Å². The summed E-state index contributed by atoms with van der Waals surface area (Å²) in [6.45, 7) is 5.30. The Morgan fingerprint density at radius 2 is 2.21 bits per heavy atom. The highest BCUT2D eigenvalue weighted by molar-refractivity contribution is 7.89. The minimum Gasteiger partial charge on any atom is -0.317 e. The van der Waals surface area contributed by atoms with Crippen LogP contribution in [0, 0.1) is 0 Å². The van der Waals surface area contributed by atoms with E-state index in [1.165, 1.54) is 6.08 Å². The molecule has 4 nitrogen and oxygen atoms in total. The minimum absolute atomic E-state index is 0.0108. The van der Waals surface area contributed by atoms with Crippen LogP contribution >= 0.6 is 0 Å². The van der Waals surface area contributed by atoms with E-state index in [1.54, 1.807) is 0 Å². The van der Waals surface area contributed by atoms with Crippen molar-refractivity contribution in [2.24, 2.45) is 0 Å². The average molecular weight is 218 g/mol. The van der Waals surface area contributed by atoms with Crippen LogP contribution in [0.3, 0.4) is 0 Å². The zero-order valence-electron chi connectivity index (χ0n) is 8.33. The number of rotatable bonds is 4. The molecular weight excluding hydrogens is 200 g/mol. The summed E-state index contributed by atoms with van der Waals surface area (Å²) < 4.78 is 25.5. The van der Waals surface area contributed by atoms with Crippen LogP contribution < -0.4 is 10.0 Å². The minimum atomic E-state index is -3.14. The summed E-state index contributed by atoms with van der Waals surface area (Å²) in [5.74, 6) is 0.0108. The van der Waals surface area contributed by atoms with Gasteiger partial charge in [-0.1, -0.05) is 6.08 Å². The Labute approximate surface area is 85.8 Å². The lowest BCUT2D eigenvalue weighted by Gasteiger charge is -2.14. The molecule has 1 atom stereocenters. The molecule has 0 bridgehead atoms. The molecule has 0 aromatic carbocycles. The molecule has 0 aromatic heterocycles. The first-order valence-electron chi connectivity index (χ1n) is 4.95. The maximum Gasteiger partial charge on any atom is 0.215 e. The molecule has 0 spiro atoms. The van der Waals surface area contributed by atoms with Crippen molar-refractivity contribution in [3.63, 3.8) is 0 Å². The highest BCUT2D eigenvalue weighted by atomic mass is 32.2. The van der Waals surface area contributed by atoms with Crippen LogP contribution in [0.5, 0.6) is 0 Å². The first-order valence-corrected chi connectivity index (χ1v) is 6.61. The number of sulfonamides is 1. The van der Waals surface area contributed by atoms with E-state index in [2.05, 4.69) is 16.6 Å². The van der Waals surface area contributed by atoms with Gasteiger partial charge in [0.2, 0.25) is 10.0 Å². The Morgan fingerprint density at radius 3 is 2.93 bits per heavy atom. The van der Waals surface area contributed by atoms with Gasteiger partial charge >= 0.3 is 0 Å². The molecule has 1 aliphatic heterocycles. The lowest BCUT2D eigenvalue weighted by atomic mass is 10.1. The van der Waals surface area contributed by atoms with Crippen LogP contribution in [-0.2, 0) is 10.0 Å². The predicted octanol–water partition coefficient (Wildman–Crippen LogP) is 0.234. The monoisotopic (exact) mass is 218 g/mol. The fourth-order valence-electron chi connectivity index (χ4n) is 1.59. The predicted molar refractivity (Wildman–Crippen MR) is 57.6 cm³/mol. The smallest absolute Gasteiger partial charge is 0.215 e. The van der Waals surface area contributed by atoms with Crippen LogP contribution in [0.25, 0.3) is 0 Å². The normalized spacial score (nSPS) is 24.1. The number of nitrogens with one attached hydrogen (secondary N) is 2. The van der Waals surface area contributed by atoms with Gasteiger partial charge in [0, 0.05) is 6.04 Å². The van der Waals surface area contributed by atoms with Crippen molar-refractivity contribution in [3.05, 3.63) is 12.7 Å². The van der Waals surface area contributed by atoms with E-state index in [1.807, 2.05) is 0 Å². The molecule has 0 radical (unpaired) electrons. The summed E-state index contributed by atoms with van der Waals surface area (Å²) in [4.78, 5) is 0. The van der Waals surface area contributed by atoms with Crippen LogP contribution in [0.1, 0.15) is 19.3 Å². The third-order valence-electron chi connectivity index (χ3n) is 2.26. The maximum atomic E-state index is 11.4. The van der Waals surface area contributed by atoms with Gasteiger partial charge in [0.1, 0.15) is 0 Å². The topological polar surface area (TPSA) is 58.2 Å². The van der Waals surface area contributed by atoms with Crippen LogP contribution in [0.2, 0.25) is 0 Å². The molecule has 1 saturated heterocycles. The van der Waals surface area contributed by atoms with Crippen molar-refractivity contribution >= 4 is 10.0 Å². The number of hydrogen-bond donors (Lipinski definition) is 2. The van der Waals surface area contributed by atoms with Crippen molar-refractivity contribution in [2.75, 3.05) is 18.8 Å². The molecule has 1 fully saturated rings. The molecule has 0 aromatic rings. The van der Waals surface area contributed by atoms with Crippen molar-refractivity contribution < 1.29 is 8.42 Å². The summed E-state index contributed by atoms with van der Waals surface area (Å²) in [6.07, 6.45) is 4.23. The molecule has 14 heavy (non-hydrogen) atoms. The van der Waals surface area contributed by atoms with Gasteiger partial charge in [-0.2, -0.15) is 0 Å². The van der Waals surface area contributed by atoms with Crippen LogP contribution in [0.15, 0.2) is 12.7 Å². The van der Waals surface area contributed by atoms with E-state index in [0.717, 1.165) is 32.4 Å². The third kappa shape index (κ3) is 4.21. The average Bonchev–Trinajstić information content (AvgIpc) is 2.31. The molecule has 1 unspecified atom stereocenters. The second-order valence-electron chi connectivity index (χ2n) is 3.57. The highest BCUT2D eigenvalue weighted by Crippen LogP contribution is 2.06. The highest BCUT2D eigenvalue weighted by Gasteiger charge is 2.17. The molecule has 0 aliphatic carbocycles. The molecular formula is C9H18N2O2S. The maximum absolute atomic E-state index is 11.4. The lowest BCUT2D eigenvalue weighted by molar-refractivity contribution is 0.520. The van der Waals surface area contributed by atoms with Gasteiger partial charge in [-0.15, -0.1) is 6.58 Å². The summed E-state index contributed by atoms with van der Waals surface area (Å²) in [5, 5.41) is 3.24. The standard InChI is InChI=1S/C9H18N2O2S/c1-2-8-14(12,13)11-9-4-3-6-10-7-5-9/h2,9-11H,1,3-8H2. The largest absolute Gasteiger partial charge is 0.317 e. The van der Waals surface area contributed by atoms with Crippen molar-refractivity contribution in [1.82, 2.24) is 10.0 Å². The molecule has 82 valence electrons. The van der Waals surface area contributed by atoms with Gasteiger partial charge in [0.25, 0.3) is 0 Å². The van der Waals surface area contributed by atoms with Gasteiger partial charge in [-0.3, -0.25) is 0 Å². The van der Waals surface area contributed by atoms with Crippen LogP contribution in [0.4, 0.5) is 0 Å². The number of hydrogen-bond acceptors (Lipinski definition) is 3. The molecule has 0 amide bonds. The van der Waals surface area contributed by atoms with E-state index >= 15 is 0 Å². The quantitative estimate of drug-likeness (QED) is 0.664. The molecule has 2 N–H and O–H groups in total. The summed E-state index contributed by atoms with van der Waals surface area (Å²) in [6, 6.07) is 0.0925. The van der Waals surface area contributed by atoms with Gasteiger partial charge in [0.15, 0.2) is 0 Å². The van der Waals surface area contributed by atoms with E-state index < -0.39 is 10.0 Å². The van der Waals surface area contributed by atoms with Crippen molar-refractivity contribution in [1.29, 1.82) is 0 Å². The summed E-state index contributed by atoms with van der Waals surface area (Å²) >= 11 is 0. The van der Waals surface area contributed by atoms with Crippen molar-refractivity contribution in [3.8, 4) is 0 Å².